The van der Waals surface area contributed by atoms with E-state index >= 15 is 0 Å². The monoisotopic (exact) mass is 520 g/mol. The minimum atomic E-state index is -1.15. The van der Waals surface area contributed by atoms with E-state index in [0.29, 0.717) is 29.2 Å². The fourth-order valence-electron chi connectivity index (χ4n) is 3.02. The van der Waals surface area contributed by atoms with Gasteiger partial charge in [-0.05, 0) is 59.7 Å². The zero-order valence-corrected chi connectivity index (χ0v) is 20.4. The van der Waals surface area contributed by atoms with Gasteiger partial charge >= 0.3 is 17.9 Å². The van der Waals surface area contributed by atoms with Crippen molar-refractivity contribution in [2.45, 2.75) is 6.42 Å². The minimum absolute atomic E-state index is 0.00632. The Bertz CT molecular complexity index is 1300. The van der Waals surface area contributed by atoms with Gasteiger partial charge in [0.1, 0.15) is 17.2 Å². The summed E-state index contributed by atoms with van der Waals surface area (Å²) in [5.74, 6) is -2.30. The van der Waals surface area contributed by atoms with Crippen molar-refractivity contribution in [3.63, 3.8) is 0 Å². The summed E-state index contributed by atoms with van der Waals surface area (Å²) in [5, 5.41) is 8.94. The zero-order chi connectivity index (χ0) is 27.5. The van der Waals surface area contributed by atoms with Crippen LogP contribution in [0.15, 0.2) is 97.4 Å². The standard InChI is InChI=1S/C29H25FO8/c1-19(18-31)27(32)37-25-12-4-21(5-13-25)22-6-14-26(15-7-22)38-29(34)23-8-10-24(11-9-23)35-16-3-17-36-28(33)20(2)30/h4-15,31H,1-3,16-18H2. The van der Waals surface area contributed by atoms with Crippen molar-refractivity contribution in [2.75, 3.05) is 19.8 Å². The Kier molecular flexibility index (Phi) is 9.90. The second kappa shape index (κ2) is 13.5. The summed E-state index contributed by atoms with van der Waals surface area (Å²) in [5.41, 5.74) is 1.99. The lowest BCUT2D eigenvalue weighted by Gasteiger charge is -2.09. The largest absolute Gasteiger partial charge is 0.493 e. The van der Waals surface area contributed by atoms with Crippen LogP contribution in [0.3, 0.4) is 0 Å². The van der Waals surface area contributed by atoms with Crippen molar-refractivity contribution >= 4 is 17.9 Å². The quantitative estimate of drug-likeness (QED) is 0.157. The van der Waals surface area contributed by atoms with Gasteiger partial charge in [0.2, 0.25) is 5.83 Å². The first kappa shape index (κ1) is 27.8. The number of aliphatic hydroxyl groups excluding tert-OH is 1. The van der Waals surface area contributed by atoms with Gasteiger partial charge in [-0.25, -0.2) is 14.4 Å². The first-order chi connectivity index (χ1) is 18.3. The molecule has 8 nitrogen and oxygen atoms in total. The zero-order valence-electron chi connectivity index (χ0n) is 20.4. The smallest absolute Gasteiger partial charge is 0.366 e. The maximum atomic E-state index is 12.5. The van der Waals surface area contributed by atoms with Gasteiger partial charge < -0.3 is 24.1 Å². The van der Waals surface area contributed by atoms with Gasteiger partial charge in [-0.3, -0.25) is 0 Å². The minimum Gasteiger partial charge on any atom is -0.493 e. The van der Waals surface area contributed by atoms with Crippen molar-refractivity contribution in [3.05, 3.63) is 103 Å². The van der Waals surface area contributed by atoms with Crippen LogP contribution in [0.1, 0.15) is 16.8 Å². The van der Waals surface area contributed by atoms with E-state index in [0.717, 1.165) is 11.1 Å². The molecule has 0 aromatic heterocycles. The Morgan fingerprint density at radius 1 is 0.711 bits per heavy atom. The van der Waals surface area contributed by atoms with Gasteiger partial charge in [0.05, 0.1) is 31.0 Å². The van der Waals surface area contributed by atoms with Gasteiger partial charge in [-0.2, -0.15) is 4.39 Å². The summed E-state index contributed by atoms with van der Waals surface area (Å²) in [4.78, 5) is 35.1. The van der Waals surface area contributed by atoms with E-state index in [1.807, 2.05) is 0 Å². The molecule has 0 saturated heterocycles. The summed E-state index contributed by atoms with van der Waals surface area (Å²) in [7, 11) is 0. The molecule has 0 radical (unpaired) electrons. The van der Waals surface area contributed by atoms with E-state index < -0.39 is 30.3 Å². The molecule has 0 amide bonds. The number of ether oxygens (including phenoxy) is 4. The SMILES string of the molecule is C=C(F)C(=O)OCCCOc1ccc(C(=O)Oc2ccc(-c3ccc(OC(=O)C(=C)CO)cc3)cc2)cc1. The number of benzene rings is 3. The maximum Gasteiger partial charge on any atom is 0.366 e. The topological polar surface area (TPSA) is 108 Å². The summed E-state index contributed by atoms with van der Waals surface area (Å²) in [6, 6.07) is 20.0. The van der Waals surface area contributed by atoms with Crippen molar-refractivity contribution in [1.29, 1.82) is 0 Å². The Balaban J connectivity index is 1.48. The Morgan fingerprint density at radius 3 is 1.76 bits per heavy atom. The molecule has 38 heavy (non-hydrogen) atoms. The molecule has 0 spiro atoms. The van der Waals surface area contributed by atoms with Gasteiger partial charge in [0, 0.05) is 6.42 Å². The molecule has 0 aliphatic heterocycles. The maximum absolute atomic E-state index is 12.5. The summed E-state index contributed by atoms with van der Waals surface area (Å²) >= 11 is 0. The fourth-order valence-corrected chi connectivity index (χ4v) is 3.02. The number of hydrogen-bond donors (Lipinski definition) is 1. The predicted molar refractivity (Wildman–Crippen MR) is 136 cm³/mol. The molecule has 9 heteroatoms. The van der Waals surface area contributed by atoms with E-state index in [-0.39, 0.29) is 18.8 Å². The van der Waals surface area contributed by atoms with Crippen LogP contribution < -0.4 is 14.2 Å². The van der Waals surface area contributed by atoms with E-state index in [4.69, 9.17) is 19.3 Å². The first-order valence-corrected chi connectivity index (χ1v) is 11.4. The Labute approximate surface area is 218 Å². The summed E-state index contributed by atoms with van der Waals surface area (Å²) in [6.45, 7) is 6.02. The molecule has 3 aromatic carbocycles. The lowest BCUT2D eigenvalue weighted by molar-refractivity contribution is -0.141. The molecule has 1 N–H and O–H groups in total. The molecule has 0 aliphatic carbocycles. The number of hydrogen-bond acceptors (Lipinski definition) is 8. The number of carbonyl (C=O) groups is 3. The van der Waals surface area contributed by atoms with Crippen LogP contribution in [-0.4, -0.2) is 42.8 Å². The number of halogens is 1. The number of aliphatic hydroxyl groups is 1. The number of carbonyl (C=O) groups excluding carboxylic acids is 3. The van der Waals surface area contributed by atoms with Crippen LogP contribution in [-0.2, 0) is 14.3 Å². The second-order valence-corrected chi connectivity index (χ2v) is 7.86. The Hall–Kier alpha value is -4.76. The lowest BCUT2D eigenvalue weighted by atomic mass is 10.1. The third kappa shape index (κ3) is 8.14. The molecule has 3 rings (SSSR count). The highest BCUT2D eigenvalue weighted by atomic mass is 19.1. The molecule has 0 heterocycles. The van der Waals surface area contributed by atoms with Crippen LogP contribution in [0.25, 0.3) is 11.1 Å². The molecule has 0 bridgehead atoms. The first-order valence-electron chi connectivity index (χ1n) is 11.4. The summed E-state index contributed by atoms with van der Waals surface area (Å²) in [6.07, 6.45) is 0.358. The van der Waals surface area contributed by atoms with Crippen LogP contribution in [0, 0.1) is 0 Å². The molecular weight excluding hydrogens is 495 g/mol. The van der Waals surface area contributed by atoms with Gasteiger partial charge in [-0.1, -0.05) is 37.4 Å². The highest BCUT2D eigenvalue weighted by molar-refractivity contribution is 5.91. The van der Waals surface area contributed by atoms with E-state index in [1.165, 1.54) is 0 Å². The lowest BCUT2D eigenvalue weighted by Crippen LogP contribution is -2.12. The van der Waals surface area contributed by atoms with E-state index in [1.54, 1.807) is 72.8 Å². The summed E-state index contributed by atoms with van der Waals surface area (Å²) < 4.78 is 33.2. The third-order valence-electron chi connectivity index (χ3n) is 5.04. The highest BCUT2D eigenvalue weighted by Gasteiger charge is 2.11. The predicted octanol–water partition coefficient (Wildman–Crippen LogP) is 4.82. The number of rotatable bonds is 12. The molecule has 0 aliphatic rings. The fraction of sp³-hybridized carbons (Fsp3) is 0.138. The van der Waals surface area contributed by atoms with E-state index in [2.05, 4.69) is 17.9 Å². The molecule has 3 aromatic rings. The second-order valence-electron chi connectivity index (χ2n) is 7.86. The molecule has 0 fully saturated rings. The van der Waals surface area contributed by atoms with Crippen molar-refractivity contribution in [1.82, 2.24) is 0 Å². The Morgan fingerprint density at radius 2 is 1.24 bits per heavy atom. The molecule has 0 atom stereocenters. The average molecular weight is 521 g/mol. The van der Waals surface area contributed by atoms with Crippen LogP contribution in [0.4, 0.5) is 4.39 Å². The van der Waals surface area contributed by atoms with Crippen LogP contribution >= 0.6 is 0 Å². The third-order valence-corrected chi connectivity index (χ3v) is 5.04. The van der Waals surface area contributed by atoms with Gasteiger partial charge in [-0.15, -0.1) is 0 Å². The molecule has 0 unspecified atom stereocenters. The van der Waals surface area contributed by atoms with Crippen molar-refractivity contribution in [2.24, 2.45) is 0 Å². The number of esters is 3. The average Bonchev–Trinajstić information content (AvgIpc) is 2.93. The van der Waals surface area contributed by atoms with Gasteiger partial charge in [0.25, 0.3) is 0 Å². The molecule has 196 valence electrons. The van der Waals surface area contributed by atoms with Crippen molar-refractivity contribution < 1.29 is 42.8 Å². The molecular formula is C29H25FO8. The molecule has 0 saturated carbocycles. The van der Waals surface area contributed by atoms with Crippen LogP contribution in [0.2, 0.25) is 0 Å². The van der Waals surface area contributed by atoms with Crippen molar-refractivity contribution in [3.8, 4) is 28.4 Å². The van der Waals surface area contributed by atoms with E-state index in [9.17, 15) is 18.8 Å². The normalized spacial score (nSPS) is 10.3. The highest BCUT2D eigenvalue weighted by Crippen LogP contribution is 2.25. The van der Waals surface area contributed by atoms with Gasteiger partial charge in [0.15, 0.2) is 0 Å². The van der Waals surface area contributed by atoms with Crippen LogP contribution in [0.5, 0.6) is 17.2 Å².